The second-order valence-corrected chi connectivity index (χ2v) is 7.44. The molecule has 3 N–H and O–H groups in total. The maximum Gasteiger partial charge on any atom is 0.220 e. The second kappa shape index (κ2) is 7.28. The third-order valence-electron chi connectivity index (χ3n) is 4.32. The van der Waals surface area contributed by atoms with Crippen LogP contribution in [0.4, 0.5) is 0 Å². The highest BCUT2D eigenvalue weighted by Crippen LogP contribution is 2.35. The molecule has 0 aromatic carbocycles. The van der Waals surface area contributed by atoms with Gasteiger partial charge in [-0.05, 0) is 55.9 Å². The monoisotopic (exact) mass is 268 g/mol. The first kappa shape index (κ1) is 16.5. The first-order chi connectivity index (χ1) is 8.82. The van der Waals surface area contributed by atoms with E-state index in [4.69, 9.17) is 5.73 Å². The van der Waals surface area contributed by atoms with E-state index >= 15 is 0 Å². The lowest BCUT2D eigenvalue weighted by atomic mass is 9.75. The third-order valence-corrected chi connectivity index (χ3v) is 4.32. The van der Waals surface area contributed by atoms with E-state index in [1.54, 1.807) is 0 Å². The summed E-state index contributed by atoms with van der Waals surface area (Å²) in [5, 5.41) is 3.20. The van der Waals surface area contributed by atoms with Crippen molar-refractivity contribution in [2.75, 3.05) is 6.54 Å². The Hall–Kier alpha value is -0.570. The van der Waals surface area contributed by atoms with Gasteiger partial charge in [-0.3, -0.25) is 4.79 Å². The minimum Gasteiger partial charge on any atom is -0.353 e. The summed E-state index contributed by atoms with van der Waals surface area (Å²) in [5.74, 6) is 1.14. The second-order valence-electron chi connectivity index (χ2n) is 7.44. The summed E-state index contributed by atoms with van der Waals surface area (Å²) < 4.78 is 0. The molecule has 1 rings (SSSR count). The number of hydrogen-bond donors (Lipinski definition) is 2. The van der Waals surface area contributed by atoms with Crippen LogP contribution in [0.3, 0.4) is 0 Å². The van der Waals surface area contributed by atoms with Crippen LogP contribution in [0.15, 0.2) is 0 Å². The van der Waals surface area contributed by atoms with E-state index in [0.717, 1.165) is 19.3 Å². The molecular formula is C16H32N2O. The molecule has 3 heteroatoms. The third kappa shape index (κ3) is 6.42. The van der Waals surface area contributed by atoms with Gasteiger partial charge in [-0.25, -0.2) is 0 Å². The lowest BCUT2D eigenvalue weighted by Gasteiger charge is -2.34. The van der Waals surface area contributed by atoms with Crippen molar-refractivity contribution in [1.82, 2.24) is 5.32 Å². The minimum atomic E-state index is 0.195. The van der Waals surface area contributed by atoms with Crippen LogP contribution in [0.1, 0.15) is 66.2 Å². The fraction of sp³-hybridized carbons (Fsp3) is 0.938. The van der Waals surface area contributed by atoms with Gasteiger partial charge in [0.05, 0.1) is 0 Å². The molecule has 19 heavy (non-hydrogen) atoms. The Morgan fingerprint density at radius 3 is 2.37 bits per heavy atom. The molecule has 1 unspecified atom stereocenters. The van der Waals surface area contributed by atoms with Gasteiger partial charge in [-0.15, -0.1) is 0 Å². The summed E-state index contributed by atoms with van der Waals surface area (Å²) in [7, 11) is 0. The predicted molar refractivity (Wildman–Crippen MR) is 80.8 cm³/mol. The van der Waals surface area contributed by atoms with Gasteiger partial charge in [0, 0.05) is 12.5 Å². The zero-order valence-corrected chi connectivity index (χ0v) is 13.2. The highest BCUT2D eigenvalue weighted by atomic mass is 16.1. The summed E-state index contributed by atoms with van der Waals surface area (Å²) in [4.78, 5) is 12.1. The summed E-state index contributed by atoms with van der Waals surface area (Å²) in [5.41, 5.74) is 6.22. The molecule has 0 saturated heterocycles. The van der Waals surface area contributed by atoms with Crippen molar-refractivity contribution in [3.63, 3.8) is 0 Å². The average Bonchev–Trinajstić information content (AvgIpc) is 2.30. The largest absolute Gasteiger partial charge is 0.353 e. The van der Waals surface area contributed by atoms with Crippen LogP contribution in [0.2, 0.25) is 0 Å². The normalized spacial score (nSPS) is 21.4. The fourth-order valence-electron chi connectivity index (χ4n) is 3.02. The molecule has 0 aliphatic heterocycles. The number of nitrogens with two attached hydrogens (primary N) is 1. The Kier molecular flexibility index (Phi) is 6.31. The van der Waals surface area contributed by atoms with E-state index in [1.807, 2.05) is 0 Å². The highest BCUT2D eigenvalue weighted by Gasteiger charge is 2.27. The smallest absolute Gasteiger partial charge is 0.220 e. The van der Waals surface area contributed by atoms with E-state index in [1.165, 1.54) is 12.8 Å². The Morgan fingerprint density at radius 2 is 1.89 bits per heavy atom. The summed E-state index contributed by atoms with van der Waals surface area (Å²) in [6.07, 6.45) is 6.30. The quantitative estimate of drug-likeness (QED) is 0.778. The van der Waals surface area contributed by atoms with Crippen LogP contribution in [0, 0.1) is 17.3 Å². The van der Waals surface area contributed by atoms with E-state index in [0.29, 0.717) is 36.3 Å². The predicted octanol–water partition coefficient (Wildman–Crippen LogP) is 3.08. The maximum atomic E-state index is 12.1. The van der Waals surface area contributed by atoms with E-state index in [2.05, 4.69) is 33.0 Å². The van der Waals surface area contributed by atoms with E-state index in [-0.39, 0.29) is 5.91 Å². The molecule has 0 aromatic rings. The molecule has 3 nitrogen and oxygen atoms in total. The molecule has 1 fully saturated rings. The number of amides is 1. The van der Waals surface area contributed by atoms with Gasteiger partial charge >= 0.3 is 0 Å². The lowest BCUT2D eigenvalue weighted by Crippen LogP contribution is -2.40. The van der Waals surface area contributed by atoms with Gasteiger partial charge in [-0.1, -0.05) is 27.7 Å². The number of rotatable bonds is 6. The van der Waals surface area contributed by atoms with Gasteiger partial charge < -0.3 is 11.1 Å². The molecule has 1 saturated carbocycles. The molecule has 1 aliphatic rings. The highest BCUT2D eigenvalue weighted by molar-refractivity contribution is 5.76. The number of hydrogen-bond acceptors (Lipinski definition) is 2. The van der Waals surface area contributed by atoms with Gasteiger partial charge in [0.2, 0.25) is 5.91 Å². The Bertz CT molecular complexity index is 276. The zero-order chi connectivity index (χ0) is 14.5. The SMILES string of the molecule is CC(C)CC(CN)CC(=O)NC1CCC(C)(C)CC1. The molecule has 0 bridgehead atoms. The number of carbonyl (C=O) groups excluding carboxylic acids is 1. The van der Waals surface area contributed by atoms with Gasteiger partial charge in [0.15, 0.2) is 0 Å². The fourth-order valence-corrected chi connectivity index (χ4v) is 3.02. The first-order valence-electron chi connectivity index (χ1n) is 7.82. The van der Waals surface area contributed by atoms with Crippen LogP contribution in [-0.4, -0.2) is 18.5 Å². The number of carbonyl (C=O) groups is 1. The Labute approximate surface area is 118 Å². The minimum absolute atomic E-state index is 0.195. The topological polar surface area (TPSA) is 55.1 Å². The Morgan fingerprint density at radius 1 is 1.32 bits per heavy atom. The van der Waals surface area contributed by atoms with Crippen molar-refractivity contribution in [2.24, 2.45) is 23.0 Å². The first-order valence-corrected chi connectivity index (χ1v) is 7.82. The standard InChI is InChI=1S/C16H32N2O/c1-12(2)9-13(11-17)10-15(19)18-14-5-7-16(3,4)8-6-14/h12-14H,5-11,17H2,1-4H3,(H,18,19). The van der Waals surface area contributed by atoms with E-state index in [9.17, 15) is 4.79 Å². The molecular weight excluding hydrogens is 236 g/mol. The van der Waals surface area contributed by atoms with Crippen LogP contribution < -0.4 is 11.1 Å². The van der Waals surface area contributed by atoms with Crippen LogP contribution in [0.5, 0.6) is 0 Å². The van der Waals surface area contributed by atoms with Gasteiger partial charge in [-0.2, -0.15) is 0 Å². The molecule has 1 amide bonds. The zero-order valence-electron chi connectivity index (χ0n) is 13.2. The molecule has 0 spiro atoms. The molecule has 0 radical (unpaired) electrons. The van der Waals surface area contributed by atoms with Crippen molar-refractivity contribution in [3.8, 4) is 0 Å². The molecule has 0 aromatic heterocycles. The van der Waals surface area contributed by atoms with Gasteiger partial charge in [0.25, 0.3) is 0 Å². The van der Waals surface area contributed by atoms with E-state index < -0.39 is 0 Å². The lowest BCUT2D eigenvalue weighted by molar-refractivity contribution is -0.123. The Balaban J connectivity index is 2.31. The number of nitrogens with one attached hydrogen (secondary N) is 1. The van der Waals surface area contributed by atoms with Crippen molar-refractivity contribution in [1.29, 1.82) is 0 Å². The van der Waals surface area contributed by atoms with Gasteiger partial charge in [0.1, 0.15) is 0 Å². The summed E-state index contributed by atoms with van der Waals surface area (Å²) >= 11 is 0. The van der Waals surface area contributed by atoms with Crippen molar-refractivity contribution >= 4 is 5.91 Å². The van der Waals surface area contributed by atoms with Crippen molar-refractivity contribution in [2.45, 2.75) is 72.3 Å². The van der Waals surface area contributed by atoms with Crippen LogP contribution >= 0.6 is 0 Å². The van der Waals surface area contributed by atoms with Crippen molar-refractivity contribution < 1.29 is 4.79 Å². The molecule has 0 heterocycles. The summed E-state index contributed by atoms with van der Waals surface area (Å²) in [6.45, 7) is 9.62. The average molecular weight is 268 g/mol. The van der Waals surface area contributed by atoms with Crippen LogP contribution in [0.25, 0.3) is 0 Å². The summed E-state index contributed by atoms with van der Waals surface area (Å²) in [6, 6.07) is 0.387. The molecule has 1 atom stereocenters. The molecule has 1 aliphatic carbocycles. The van der Waals surface area contributed by atoms with Crippen molar-refractivity contribution in [3.05, 3.63) is 0 Å². The van der Waals surface area contributed by atoms with Crippen LogP contribution in [-0.2, 0) is 4.79 Å². The molecule has 112 valence electrons. The maximum absolute atomic E-state index is 12.1.